The molecular weight excluding hydrogens is 241 g/mol. The molecule has 0 radical (unpaired) electrons. The van der Waals surface area contributed by atoms with Gasteiger partial charge in [0.1, 0.15) is 5.82 Å². The van der Waals surface area contributed by atoms with Crippen LogP contribution < -0.4 is 0 Å². The van der Waals surface area contributed by atoms with Gasteiger partial charge in [-0.05, 0) is 36.1 Å². The first-order valence-corrected chi connectivity index (χ1v) is 6.35. The van der Waals surface area contributed by atoms with Gasteiger partial charge in [-0.15, -0.1) is 0 Å². The quantitative estimate of drug-likeness (QED) is 0.607. The lowest BCUT2D eigenvalue weighted by Gasteiger charge is -2.26. The Hall–Kier alpha value is -2.16. The van der Waals surface area contributed by atoms with Crippen LogP contribution in [0.15, 0.2) is 53.7 Å². The Morgan fingerprint density at radius 3 is 2.53 bits per heavy atom. The first-order chi connectivity index (χ1) is 9.29. The molecule has 0 bridgehead atoms. The number of nitrogens with zero attached hydrogens (tertiary/aromatic N) is 1. The molecule has 0 saturated heterocycles. The van der Waals surface area contributed by atoms with Crippen LogP contribution in [0.3, 0.4) is 0 Å². The summed E-state index contributed by atoms with van der Waals surface area (Å²) in [5, 5.41) is 12.5. The van der Waals surface area contributed by atoms with Gasteiger partial charge < -0.3 is 5.21 Å². The molecule has 3 heteroatoms. The molecule has 0 heterocycles. The Morgan fingerprint density at radius 2 is 1.79 bits per heavy atom. The highest BCUT2D eigenvalue weighted by Crippen LogP contribution is 2.36. The van der Waals surface area contributed by atoms with Gasteiger partial charge in [-0.25, -0.2) is 4.39 Å². The molecule has 1 aliphatic carbocycles. The van der Waals surface area contributed by atoms with Crippen molar-refractivity contribution in [1.29, 1.82) is 0 Å². The van der Waals surface area contributed by atoms with Gasteiger partial charge in [0.05, 0.1) is 5.71 Å². The molecule has 2 nitrogen and oxygen atoms in total. The molecule has 0 saturated carbocycles. The number of hydrogen-bond acceptors (Lipinski definition) is 2. The Balaban J connectivity index is 2.07. The van der Waals surface area contributed by atoms with Gasteiger partial charge in [-0.3, -0.25) is 0 Å². The maximum atomic E-state index is 13.0. The Morgan fingerprint density at radius 1 is 1.05 bits per heavy atom. The molecule has 0 aliphatic heterocycles. The number of halogens is 1. The Bertz CT molecular complexity index is 619. The van der Waals surface area contributed by atoms with Crippen molar-refractivity contribution in [3.05, 3.63) is 71.0 Å². The monoisotopic (exact) mass is 255 g/mol. The topological polar surface area (TPSA) is 32.6 Å². The molecule has 1 aliphatic rings. The summed E-state index contributed by atoms with van der Waals surface area (Å²) in [6.07, 6.45) is 1.61. The summed E-state index contributed by atoms with van der Waals surface area (Å²) in [4.78, 5) is 0. The van der Waals surface area contributed by atoms with E-state index >= 15 is 0 Å². The van der Waals surface area contributed by atoms with E-state index in [1.54, 1.807) is 0 Å². The lowest BCUT2D eigenvalue weighted by atomic mass is 9.78. The van der Waals surface area contributed by atoms with Crippen LogP contribution in [-0.2, 0) is 0 Å². The van der Waals surface area contributed by atoms with Crippen LogP contribution in [0.25, 0.3) is 0 Å². The third kappa shape index (κ3) is 2.12. The molecule has 1 N–H and O–H groups in total. The lowest BCUT2D eigenvalue weighted by molar-refractivity contribution is 0.317. The summed E-state index contributed by atoms with van der Waals surface area (Å²) in [7, 11) is 0. The van der Waals surface area contributed by atoms with Crippen LogP contribution in [0, 0.1) is 5.82 Å². The summed E-state index contributed by atoms with van der Waals surface area (Å²) in [5.74, 6) is 0.0211. The fraction of sp³-hybridized carbons (Fsp3) is 0.188. The zero-order valence-corrected chi connectivity index (χ0v) is 10.4. The van der Waals surface area contributed by atoms with Gasteiger partial charge in [0.25, 0.3) is 0 Å². The van der Waals surface area contributed by atoms with Crippen molar-refractivity contribution in [2.24, 2.45) is 5.16 Å². The summed E-state index contributed by atoms with van der Waals surface area (Å²) in [6, 6.07) is 14.6. The first kappa shape index (κ1) is 11.9. The molecule has 0 amide bonds. The predicted molar refractivity (Wildman–Crippen MR) is 72.2 cm³/mol. The second-order valence-corrected chi connectivity index (χ2v) is 4.78. The molecule has 0 aromatic heterocycles. The highest BCUT2D eigenvalue weighted by molar-refractivity contribution is 6.02. The van der Waals surface area contributed by atoms with Crippen molar-refractivity contribution in [3.63, 3.8) is 0 Å². The van der Waals surface area contributed by atoms with Gasteiger partial charge in [0, 0.05) is 11.5 Å². The van der Waals surface area contributed by atoms with E-state index in [1.165, 1.54) is 12.1 Å². The van der Waals surface area contributed by atoms with Crippen LogP contribution in [0.2, 0.25) is 0 Å². The number of hydrogen-bond donors (Lipinski definition) is 1. The molecular formula is C16H14FNO. The standard InChI is InChI=1S/C16H14FNO/c17-12-7-5-11(6-8-12)13-9-10-16(18-19)15-4-2-1-3-14(13)15/h1-8,13,19H,9-10H2/b18-16+. The molecule has 96 valence electrons. The molecule has 0 spiro atoms. The second kappa shape index (κ2) is 4.84. The summed E-state index contributed by atoms with van der Waals surface area (Å²) < 4.78 is 13.0. The zero-order valence-electron chi connectivity index (χ0n) is 10.4. The Kier molecular flexibility index (Phi) is 3.03. The van der Waals surface area contributed by atoms with Crippen molar-refractivity contribution in [2.45, 2.75) is 18.8 Å². The van der Waals surface area contributed by atoms with E-state index in [1.807, 2.05) is 36.4 Å². The highest BCUT2D eigenvalue weighted by Gasteiger charge is 2.25. The zero-order chi connectivity index (χ0) is 13.2. The summed E-state index contributed by atoms with van der Waals surface area (Å²) >= 11 is 0. The fourth-order valence-corrected chi connectivity index (χ4v) is 2.78. The number of benzene rings is 2. The molecule has 1 atom stereocenters. The van der Waals surface area contributed by atoms with Crippen molar-refractivity contribution < 1.29 is 9.60 Å². The molecule has 19 heavy (non-hydrogen) atoms. The van der Waals surface area contributed by atoms with Gasteiger partial charge in [-0.2, -0.15) is 0 Å². The van der Waals surface area contributed by atoms with E-state index < -0.39 is 0 Å². The number of rotatable bonds is 1. The van der Waals surface area contributed by atoms with Gasteiger partial charge in [0.15, 0.2) is 0 Å². The van der Waals surface area contributed by atoms with E-state index in [0.29, 0.717) is 0 Å². The van der Waals surface area contributed by atoms with E-state index in [4.69, 9.17) is 5.21 Å². The molecule has 2 aromatic rings. The minimum Gasteiger partial charge on any atom is -0.411 e. The number of oxime groups is 1. The lowest BCUT2D eigenvalue weighted by Crippen LogP contribution is -2.17. The van der Waals surface area contributed by atoms with Crippen molar-refractivity contribution in [1.82, 2.24) is 0 Å². The SMILES string of the molecule is O/N=C1\CCC(c2ccc(F)cc2)c2ccccc21. The third-order valence-corrected chi connectivity index (χ3v) is 3.71. The van der Waals surface area contributed by atoms with Crippen LogP contribution in [0.1, 0.15) is 35.4 Å². The maximum Gasteiger partial charge on any atom is 0.123 e. The fourth-order valence-electron chi connectivity index (χ4n) is 2.78. The number of fused-ring (bicyclic) bond motifs is 1. The van der Waals surface area contributed by atoms with Crippen LogP contribution in [-0.4, -0.2) is 10.9 Å². The average Bonchev–Trinajstić information content (AvgIpc) is 2.47. The smallest absolute Gasteiger partial charge is 0.123 e. The van der Waals surface area contributed by atoms with Crippen molar-refractivity contribution in [2.75, 3.05) is 0 Å². The van der Waals surface area contributed by atoms with Gasteiger partial charge in [0.2, 0.25) is 0 Å². The van der Waals surface area contributed by atoms with Crippen molar-refractivity contribution >= 4 is 5.71 Å². The highest BCUT2D eigenvalue weighted by atomic mass is 19.1. The molecule has 0 fully saturated rings. The predicted octanol–water partition coefficient (Wildman–Crippen LogP) is 3.93. The van der Waals surface area contributed by atoms with E-state index in [0.717, 1.165) is 35.2 Å². The Labute approximate surface area is 111 Å². The van der Waals surface area contributed by atoms with Crippen molar-refractivity contribution in [3.8, 4) is 0 Å². The normalized spacial score (nSPS) is 20.3. The average molecular weight is 255 g/mol. The molecule has 2 aromatic carbocycles. The minimum absolute atomic E-state index is 0.217. The van der Waals surface area contributed by atoms with Gasteiger partial charge in [-0.1, -0.05) is 41.6 Å². The van der Waals surface area contributed by atoms with E-state index in [9.17, 15) is 4.39 Å². The maximum absolute atomic E-state index is 13.0. The van der Waals surface area contributed by atoms with Crippen LogP contribution in [0.4, 0.5) is 4.39 Å². The van der Waals surface area contributed by atoms with Crippen LogP contribution in [0.5, 0.6) is 0 Å². The van der Waals surface area contributed by atoms with E-state index in [2.05, 4.69) is 5.16 Å². The second-order valence-electron chi connectivity index (χ2n) is 4.78. The van der Waals surface area contributed by atoms with Crippen LogP contribution >= 0.6 is 0 Å². The summed E-state index contributed by atoms with van der Waals surface area (Å²) in [5.41, 5.74) is 3.97. The molecule has 3 rings (SSSR count). The molecule has 1 unspecified atom stereocenters. The van der Waals surface area contributed by atoms with E-state index in [-0.39, 0.29) is 11.7 Å². The first-order valence-electron chi connectivity index (χ1n) is 6.35. The minimum atomic E-state index is -0.217. The largest absolute Gasteiger partial charge is 0.411 e. The summed E-state index contributed by atoms with van der Waals surface area (Å²) in [6.45, 7) is 0. The van der Waals surface area contributed by atoms with Gasteiger partial charge >= 0.3 is 0 Å². The third-order valence-electron chi connectivity index (χ3n) is 3.71.